The van der Waals surface area contributed by atoms with Crippen LogP contribution in [0.25, 0.3) is 0 Å². The first kappa shape index (κ1) is 19.5. The van der Waals surface area contributed by atoms with Crippen molar-refractivity contribution in [3.8, 4) is 11.5 Å². The molecule has 2 heterocycles. The second-order valence-corrected chi connectivity index (χ2v) is 6.26. The number of hydrogen-bond acceptors (Lipinski definition) is 5. The summed E-state index contributed by atoms with van der Waals surface area (Å²) in [6.07, 6.45) is 1.74. The number of hydrogen-bond donors (Lipinski definition) is 0. The number of benzene rings is 1. The molecule has 0 aliphatic heterocycles. The second-order valence-electron chi connectivity index (χ2n) is 6.26. The molecular formula is C21H25N3O4. The van der Waals surface area contributed by atoms with Gasteiger partial charge in [0, 0.05) is 19.8 Å². The van der Waals surface area contributed by atoms with Crippen molar-refractivity contribution in [3.63, 3.8) is 0 Å². The fourth-order valence-electron chi connectivity index (χ4n) is 2.81. The molecule has 0 saturated carbocycles. The van der Waals surface area contributed by atoms with E-state index in [0.717, 1.165) is 18.0 Å². The van der Waals surface area contributed by atoms with Gasteiger partial charge in [-0.15, -0.1) is 0 Å². The van der Waals surface area contributed by atoms with Crippen LogP contribution in [0, 0.1) is 0 Å². The van der Waals surface area contributed by atoms with Gasteiger partial charge in [0.2, 0.25) is 0 Å². The molecule has 1 amide bonds. The Morgan fingerprint density at radius 1 is 1.07 bits per heavy atom. The highest BCUT2D eigenvalue weighted by Crippen LogP contribution is 2.19. The van der Waals surface area contributed by atoms with E-state index in [0.29, 0.717) is 24.7 Å². The third-order valence-corrected chi connectivity index (χ3v) is 4.24. The Morgan fingerprint density at radius 3 is 2.46 bits per heavy atom. The smallest absolute Gasteiger partial charge is 0.289 e. The van der Waals surface area contributed by atoms with E-state index in [1.54, 1.807) is 30.3 Å². The van der Waals surface area contributed by atoms with E-state index in [2.05, 4.69) is 5.10 Å². The zero-order valence-corrected chi connectivity index (χ0v) is 16.4. The molecular weight excluding hydrogens is 358 g/mol. The predicted molar refractivity (Wildman–Crippen MR) is 104 cm³/mol. The molecule has 2 aromatic heterocycles. The number of furan rings is 1. The summed E-state index contributed by atoms with van der Waals surface area (Å²) in [5, 5.41) is 4.22. The minimum Gasteiger partial charge on any atom is -0.494 e. The number of ether oxygens (including phenoxy) is 2. The van der Waals surface area contributed by atoms with E-state index < -0.39 is 0 Å². The van der Waals surface area contributed by atoms with Crippen LogP contribution in [-0.4, -0.2) is 34.2 Å². The van der Waals surface area contributed by atoms with Gasteiger partial charge in [-0.1, -0.05) is 0 Å². The third kappa shape index (κ3) is 4.73. The van der Waals surface area contributed by atoms with Crippen LogP contribution in [0.5, 0.6) is 11.5 Å². The summed E-state index contributed by atoms with van der Waals surface area (Å²) in [6.45, 7) is 6.05. The van der Waals surface area contributed by atoms with E-state index in [-0.39, 0.29) is 18.3 Å². The molecule has 3 aromatic rings. The minimum absolute atomic E-state index is 0.184. The molecule has 0 aliphatic carbocycles. The maximum atomic E-state index is 12.6. The summed E-state index contributed by atoms with van der Waals surface area (Å²) in [6, 6.07) is 12.7. The summed E-state index contributed by atoms with van der Waals surface area (Å²) >= 11 is 0. The Morgan fingerprint density at radius 2 is 1.79 bits per heavy atom. The number of nitrogens with zero attached hydrogens (tertiary/aromatic N) is 3. The van der Waals surface area contributed by atoms with Crippen molar-refractivity contribution < 1.29 is 18.7 Å². The van der Waals surface area contributed by atoms with Gasteiger partial charge in [-0.25, -0.2) is 0 Å². The minimum atomic E-state index is -0.184. The quantitative estimate of drug-likeness (QED) is 0.563. The highest BCUT2D eigenvalue weighted by molar-refractivity contribution is 5.91. The standard InChI is InChI=1S/C21H25N3O4/c1-4-24-16(12-13-22-24)14-23(3)21(25)20-11-10-19(28-20)15-27-18-8-6-17(7-9-18)26-5-2/h6-13H,4-5,14-15H2,1-3H3. The summed E-state index contributed by atoms with van der Waals surface area (Å²) in [5.41, 5.74) is 0.976. The fourth-order valence-corrected chi connectivity index (χ4v) is 2.81. The SMILES string of the molecule is CCOc1ccc(OCc2ccc(C(=O)N(C)Cc3ccnn3CC)o2)cc1. The topological polar surface area (TPSA) is 69.7 Å². The van der Waals surface area contributed by atoms with Gasteiger partial charge < -0.3 is 18.8 Å². The van der Waals surface area contributed by atoms with Crippen LogP contribution in [-0.2, 0) is 19.7 Å². The number of aromatic nitrogens is 2. The maximum absolute atomic E-state index is 12.6. The van der Waals surface area contributed by atoms with E-state index >= 15 is 0 Å². The van der Waals surface area contributed by atoms with Crippen molar-refractivity contribution in [1.29, 1.82) is 0 Å². The lowest BCUT2D eigenvalue weighted by Crippen LogP contribution is -2.27. The zero-order chi connectivity index (χ0) is 19.9. The molecule has 0 bridgehead atoms. The van der Waals surface area contributed by atoms with Crippen LogP contribution in [0.1, 0.15) is 35.9 Å². The average Bonchev–Trinajstić information content (AvgIpc) is 3.36. The Kier molecular flexibility index (Phi) is 6.37. The summed E-state index contributed by atoms with van der Waals surface area (Å²) in [7, 11) is 1.74. The normalized spacial score (nSPS) is 10.7. The van der Waals surface area contributed by atoms with Crippen molar-refractivity contribution in [2.24, 2.45) is 0 Å². The van der Waals surface area contributed by atoms with E-state index in [9.17, 15) is 4.79 Å². The fraction of sp³-hybridized carbons (Fsp3) is 0.333. The van der Waals surface area contributed by atoms with Crippen LogP contribution < -0.4 is 9.47 Å². The van der Waals surface area contributed by atoms with Crippen LogP contribution in [0.2, 0.25) is 0 Å². The summed E-state index contributed by atoms with van der Waals surface area (Å²) < 4.78 is 18.6. The van der Waals surface area contributed by atoms with Gasteiger partial charge in [0.05, 0.1) is 18.8 Å². The molecule has 0 aliphatic rings. The highest BCUT2D eigenvalue weighted by atomic mass is 16.5. The first-order valence-corrected chi connectivity index (χ1v) is 9.31. The molecule has 0 spiro atoms. The lowest BCUT2D eigenvalue weighted by atomic mass is 10.3. The molecule has 1 aromatic carbocycles. The molecule has 7 heteroatoms. The van der Waals surface area contributed by atoms with Crippen molar-refractivity contribution >= 4 is 5.91 Å². The molecule has 28 heavy (non-hydrogen) atoms. The maximum Gasteiger partial charge on any atom is 0.289 e. The number of rotatable bonds is 9. The first-order chi connectivity index (χ1) is 13.6. The molecule has 0 fully saturated rings. The van der Waals surface area contributed by atoms with Gasteiger partial charge in [0.15, 0.2) is 5.76 Å². The van der Waals surface area contributed by atoms with Gasteiger partial charge in [-0.2, -0.15) is 5.10 Å². The molecule has 0 radical (unpaired) electrons. The number of aryl methyl sites for hydroxylation is 1. The Hall–Kier alpha value is -3.22. The first-order valence-electron chi connectivity index (χ1n) is 9.31. The Bertz CT molecular complexity index is 899. The van der Waals surface area contributed by atoms with Crippen molar-refractivity contribution in [2.45, 2.75) is 33.5 Å². The summed E-state index contributed by atoms with van der Waals surface area (Å²) in [5.74, 6) is 2.20. The van der Waals surface area contributed by atoms with Crippen molar-refractivity contribution in [3.05, 3.63) is 65.9 Å². The predicted octanol–water partition coefficient (Wildman–Crippen LogP) is 3.75. The molecule has 148 valence electrons. The highest BCUT2D eigenvalue weighted by Gasteiger charge is 2.17. The van der Waals surface area contributed by atoms with Gasteiger partial charge in [-0.3, -0.25) is 9.48 Å². The van der Waals surface area contributed by atoms with Gasteiger partial charge >= 0.3 is 0 Å². The van der Waals surface area contributed by atoms with E-state index in [1.165, 1.54) is 0 Å². The zero-order valence-electron chi connectivity index (χ0n) is 16.4. The third-order valence-electron chi connectivity index (χ3n) is 4.24. The average molecular weight is 383 g/mol. The molecule has 0 unspecified atom stereocenters. The van der Waals surface area contributed by atoms with Crippen LogP contribution in [0.15, 0.2) is 53.1 Å². The number of amides is 1. The Labute approximate surface area is 164 Å². The number of carbonyl (C=O) groups is 1. The molecule has 7 nitrogen and oxygen atoms in total. The van der Waals surface area contributed by atoms with Crippen molar-refractivity contribution in [2.75, 3.05) is 13.7 Å². The molecule has 0 atom stereocenters. The van der Waals surface area contributed by atoms with E-state index in [4.69, 9.17) is 13.9 Å². The van der Waals surface area contributed by atoms with Gasteiger partial charge in [0.1, 0.15) is 23.9 Å². The van der Waals surface area contributed by atoms with Crippen LogP contribution >= 0.6 is 0 Å². The van der Waals surface area contributed by atoms with Crippen LogP contribution in [0.3, 0.4) is 0 Å². The summed E-state index contributed by atoms with van der Waals surface area (Å²) in [4.78, 5) is 14.2. The number of carbonyl (C=O) groups excluding carboxylic acids is 1. The Balaban J connectivity index is 1.56. The van der Waals surface area contributed by atoms with Gasteiger partial charge in [-0.05, 0) is 56.3 Å². The van der Waals surface area contributed by atoms with Gasteiger partial charge in [0.25, 0.3) is 5.91 Å². The van der Waals surface area contributed by atoms with Crippen molar-refractivity contribution in [1.82, 2.24) is 14.7 Å². The molecule has 3 rings (SSSR count). The van der Waals surface area contributed by atoms with Crippen LogP contribution in [0.4, 0.5) is 0 Å². The molecule has 0 saturated heterocycles. The lowest BCUT2D eigenvalue weighted by Gasteiger charge is -2.16. The monoisotopic (exact) mass is 383 g/mol. The second kappa shape index (κ2) is 9.12. The van der Waals surface area contributed by atoms with E-state index in [1.807, 2.05) is 48.9 Å². The lowest BCUT2D eigenvalue weighted by molar-refractivity contribution is 0.0745. The molecule has 0 N–H and O–H groups in total. The largest absolute Gasteiger partial charge is 0.494 e.